The van der Waals surface area contributed by atoms with Gasteiger partial charge in [-0.15, -0.1) is 5.10 Å². The van der Waals surface area contributed by atoms with Crippen LogP contribution < -0.4 is 5.32 Å². The van der Waals surface area contributed by atoms with Gasteiger partial charge in [0.2, 0.25) is 0 Å². The lowest BCUT2D eigenvalue weighted by Crippen LogP contribution is -2.15. The number of tetrazole rings is 1. The zero-order chi connectivity index (χ0) is 17.9. The summed E-state index contributed by atoms with van der Waals surface area (Å²) >= 11 is 6.05. The second kappa shape index (κ2) is 6.73. The van der Waals surface area contributed by atoms with E-state index in [9.17, 15) is 4.79 Å². The molecule has 0 fully saturated rings. The summed E-state index contributed by atoms with van der Waals surface area (Å²) in [5.41, 5.74) is 2.33. The topological polar surface area (TPSA) is 103 Å². The lowest BCUT2D eigenvalue weighted by Gasteiger charge is -2.10. The first-order valence-corrected chi connectivity index (χ1v) is 7.88. The summed E-state index contributed by atoms with van der Waals surface area (Å²) in [5, 5.41) is 18.3. The predicted molar refractivity (Wildman–Crippen MR) is 93.5 cm³/mol. The van der Waals surface area contributed by atoms with E-state index >= 15 is 0 Å². The van der Waals surface area contributed by atoms with Gasteiger partial charge in [-0.05, 0) is 52.9 Å². The van der Waals surface area contributed by atoms with Crippen molar-refractivity contribution in [2.75, 3.05) is 5.32 Å². The number of benzene rings is 2. The van der Waals surface area contributed by atoms with Crippen molar-refractivity contribution in [3.63, 3.8) is 0 Å². The smallest absolute Gasteiger partial charge is 0.257 e. The van der Waals surface area contributed by atoms with Gasteiger partial charge in [-0.3, -0.25) is 4.79 Å². The van der Waals surface area contributed by atoms with Crippen LogP contribution in [0.1, 0.15) is 10.4 Å². The lowest BCUT2D eigenvalue weighted by molar-refractivity contribution is 0.102. The molecule has 2 aromatic carbocycles. The Morgan fingerprint density at radius 3 is 2.58 bits per heavy atom. The highest BCUT2D eigenvalue weighted by Crippen LogP contribution is 2.21. The normalized spacial score (nSPS) is 10.7. The molecule has 0 bridgehead atoms. The molecule has 0 spiro atoms. The second-order valence-corrected chi connectivity index (χ2v) is 5.69. The van der Waals surface area contributed by atoms with Crippen molar-refractivity contribution in [3.8, 4) is 11.4 Å². The summed E-state index contributed by atoms with van der Waals surface area (Å²) in [6.07, 6.45) is 4.46. The lowest BCUT2D eigenvalue weighted by atomic mass is 10.1. The van der Waals surface area contributed by atoms with Crippen LogP contribution in [0.15, 0.2) is 61.4 Å². The molecule has 4 aromatic rings. The maximum atomic E-state index is 12.7. The Labute approximate surface area is 152 Å². The maximum Gasteiger partial charge on any atom is 0.257 e. The van der Waals surface area contributed by atoms with Gasteiger partial charge < -0.3 is 5.32 Å². The van der Waals surface area contributed by atoms with Crippen LogP contribution in [0.3, 0.4) is 0 Å². The Morgan fingerprint density at radius 1 is 1.04 bits per heavy atom. The fraction of sp³-hybridized carbons (Fsp3) is 0. The molecule has 0 aliphatic carbocycles. The third kappa shape index (κ3) is 3.15. The molecule has 10 heteroatoms. The van der Waals surface area contributed by atoms with Crippen molar-refractivity contribution < 1.29 is 4.79 Å². The molecule has 1 amide bonds. The molecule has 0 atom stereocenters. The Hall–Kier alpha value is -3.59. The first-order chi connectivity index (χ1) is 12.7. The van der Waals surface area contributed by atoms with Crippen molar-refractivity contribution in [2.45, 2.75) is 0 Å². The molecule has 0 unspecified atom stereocenters. The average Bonchev–Trinajstić information content (AvgIpc) is 3.36. The number of nitrogens with one attached hydrogen (secondary N) is 1. The van der Waals surface area contributed by atoms with E-state index in [1.807, 2.05) is 12.1 Å². The summed E-state index contributed by atoms with van der Waals surface area (Å²) in [6, 6.07) is 12.1. The Morgan fingerprint density at radius 2 is 1.88 bits per heavy atom. The van der Waals surface area contributed by atoms with Gasteiger partial charge in [0.05, 0.1) is 16.9 Å². The summed E-state index contributed by atoms with van der Waals surface area (Å²) < 4.78 is 3.03. The van der Waals surface area contributed by atoms with Crippen LogP contribution in [0.5, 0.6) is 0 Å². The minimum atomic E-state index is -0.327. The quantitative estimate of drug-likeness (QED) is 0.593. The number of carbonyl (C=O) groups is 1. The number of anilines is 1. The van der Waals surface area contributed by atoms with E-state index in [1.54, 1.807) is 41.3 Å². The molecule has 0 saturated heterocycles. The Balaban J connectivity index is 1.60. The van der Waals surface area contributed by atoms with Gasteiger partial charge in [0.1, 0.15) is 19.0 Å². The summed E-state index contributed by atoms with van der Waals surface area (Å²) in [4.78, 5) is 16.6. The third-order valence-corrected chi connectivity index (χ3v) is 3.84. The molecular formula is C16H11ClN8O. The first-order valence-electron chi connectivity index (χ1n) is 7.50. The van der Waals surface area contributed by atoms with Crippen molar-refractivity contribution in [3.05, 3.63) is 72.0 Å². The van der Waals surface area contributed by atoms with Gasteiger partial charge >= 0.3 is 0 Å². The number of aromatic nitrogens is 7. The maximum absolute atomic E-state index is 12.7. The van der Waals surface area contributed by atoms with Gasteiger partial charge in [0, 0.05) is 10.7 Å². The highest BCUT2D eigenvalue weighted by atomic mass is 35.5. The Kier molecular flexibility index (Phi) is 4.12. The van der Waals surface area contributed by atoms with Crippen molar-refractivity contribution in [1.82, 2.24) is 35.0 Å². The number of halogens is 1. The Bertz CT molecular complexity index is 1030. The number of carbonyl (C=O) groups excluding carboxylic acids is 1. The van der Waals surface area contributed by atoms with Crippen LogP contribution in [0.4, 0.5) is 5.69 Å². The molecule has 128 valence electrons. The molecule has 0 aliphatic heterocycles. The standard InChI is InChI=1S/C16H11ClN8O/c17-11-1-6-15(25-10-19-22-23-25)14(7-11)16(26)21-12-2-4-13(5-3-12)24-9-18-8-20-24/h1-10H,(H,21,26). The predicted octanol–water partition coefficient (Wildman–Crippen LogP) is 2.15. The summed E-state index contributed by atoms with van der Waals surface area (Å²) in [7, 11) is 0. The van der Waals surface area contributed by atoms with Gasteiger partial charge in [0.15, 0.2) is 0 Å². The van der Waals surface area contributed by atoms with E-state index < -0.39 is 0 Å². The van der Waals surface area contributed by atoms with Crippen LogP contribution in [-0.2, 0) is 0 Å². The molecule has 1 N–H and O–H groups in total. The summed E-state index contributed by atoms with van der Waals surface area (Å²) in [5.74, 6) is -0.327. The minimum Gasteiger partial charge on any atom is -0.322 e. The van der Waals surface area contributed by atoms with E-state index in [2.05, 4.69) is 30.9 Å². The zero-order valence-electron chi connectivity index (χ0n) is 13.2. The largest absolute Gasteiger partial charge is 0.322 e. The third-order valence-electron chi connectivity index (χ3n) is 3.61. The fourth-order valence-corrected chi connectivity index (χ4v) is 2.57. The van der Waals surface area contributed by atoms with E-state index in [1.165, 1.54) is 17.3 Å². The van der Waals surface area contributed by atoms with Gasteiger partial charge in [-0.1, -0.05) is 11.6 Å². The highest BCUT2D eigenvalue weighted by Gasteiger charge is 2.15. The fourth-order valence-electron chi connectivity index (χ4n) is 2.40. The molecule has 0 aliphatic rings. The van der Waals surface area contributed by atoms with E-state index in [4.69, 9.17) is 11.6 Å². The van der Waals surface area contributed by atoms with Gasteiger partial charge in [-0.2, -0.15) is 9.78 Å². The zero-order valence-corrected chi connectivity index (χ0v) is 13.9. The van der Waals surface area contributed by atoms with Gasteiger partial charge in [-0.25, -0.2) is 9.67 Å². The van der Waals surface area contributed by atoms with E-state index in [0.29, 0.717) is 22.0 Å². The number of rotatable bonds is 4. The van der Waals surface area contributed by atoms with E-state index in [-0.39, 0.29) is 5.91 Å². The number of hydrogen-bond acceptors (Lipinski definition) is 6. The van der Waals surface area contributed by atoms with Crippen LogP contribution in [0.2, 0.25) is 5.02 Å². The second-order valence-electron chi connectivity index (χ2n) is 5.26. The summed E-state index contributed by atoms with van der Waals surface area (Å²) in [6.45, 7) is 0. The minimum absolute atomic E-state index is 0.327. The van der Waals surface area contributed by atoms with E-state index in [0.717, 1.165) is 5.69 Å². The first kappa shape index (κ1) is 15.9. The molecule has 2 aromatic heterocycles. The molecule has 0 radical (unpaired) electrons. The molecular weight excluding hydrogens is 356 g/mol. The van der Waals surface area contributed by atoms with Crippen LogP contribution >= 0.6 is 11.6 Å². The number of nitrogens with zero attached hydrogens (tertiary/aromatic N) is 7. The van der Waals surface area contributed by atoms with Crippen molar-refractivity contribution >= 4 is 23.2 Å². The highest BCUT2D eigenvalue weighted by molar-refractivity contribution is 6.31. The van der Waals surface area contributed by atoms with Crippen molar-refractivity contribution in [1.29, 1.82) is 0 Å². The number of amides is 1. The van der Waals surface area contributed by atoms with Crippen LogP contribution in [-0.4, -0.2) is 40.9 Å². The molecule has 4 rings (SSSR count). The van der Waals surface area contributed by atoms with Gasteiger partial charge in [0.25, 0.3) is 5.91 Å². The van der Waals surface area contributed by atoms with Crippen LogP contribution in [0.25, 0.3) is 11.4 Å². The average molecular weight is 367 g/mol. The monoisotopic (exact) mass is 366 g/mol. The van der Waals surface area contributed by atoms with Crippen LogP contribution in [0, 0.1) is 0 Å². The molecule has 9 nitrogen and oxygen atoms in total. The van der Waals surface area contributed by atoms with Crippen molar-refractivity contribution in [2.24, 2.45) is 0 Å². The molecule has 0 saturated carbocycles. The molecule has 26 heavy (non-hydrogen) atoms. The number of hydrogen-bond donors (Lipinski definition) is 1. The SMILES string of the molecule is O=C(Nc1ccc(-n2cncn2)cc1)c1cc(Cl)ccc1-n1cnnn1. The molecule has 2 heterocycles.